The van der Waals surface area contributed by atoms with E-state index in [1.165, 1.54) is 0 Å². The van der Waals surface area contributed by atoms with Gasteiger partial charge in [-0.05, 0) is 0 Å². The zero-order chi connectivity index (χ0) is 13.0. The maximum Gasteiger partial charge on any atom is 1.00 e. The Labute approximate surface area is 155 Å². The van der Waals surface area contributed by atoms with Crippen molar-refractivity contribution in [1.29, 1.82) is 0 Å². The summed E-state index contributed by atoms with van der Waals surface area (Å²) in [5, 5.41) is 0. The SMILES string of the molecule is CC(C)C(C)B(C(C)C(C)C)C(C)C(C)C.[H-].[K+]. The molecule has 0 rings (SSSR count). The summed E-state index contributed by atoms with van der Waals surface area (Å²) in [5.74, 6) is 4.88. The summed E-state index contributed by atoms with van der Waals surface area (Å²) in [6, 6.07) is 0. The van der Waals surface area contributed by atoms with Crippen molar-refractivity contribution in [2.75, 3.05) is 0 Å². The first-order valence-electron chi connectivity index (χ1n) is 7.20. The molecule has 2 heteroatoms. The maximum atomic E-state index is 2.45. The quantitative estimate of drug-likeness (QED) is 0.647. The van der Waals surface area contributed by atoms with Crippen LogP contribution < -0.4 is 51.4 Å². The molecule has 0 aliphatic carbocycles. The Morgan fingerprint density at radius 1 is 0.529 bits per heavy atom. The smallest absolute Gasteiger partial charge is 1.00 e. The fourth-order valence-corrected chi connectivity index (χ4v) is 2.77. The average molecular weight is 264 g/mol. The van der Waals surface area contributed by atoms with E-state index >= 15 is 0 Å². The van der Waals surface area contributed by atoms with Crippen molar-refractivity contribution in [3.63, 3.8) is 0 Å². The largest absolute Gasteiger partial charge is 1.00 e. The van der Waals surface area contributed by atoms with Crippen LogP contribution in [-0.4, -0.2) is 6.71 Å². The zero-order valence-corrected chi connectivity index (χ0v) is 17.2. The molecule has 0 saturated heterocycles. The van der Waals surface area contributed by atoms with E-state index in [1.54, 1.807) is 0 Å². The summed E-state index contributed by atoms with van der Waals surface area (Å²) in [6.07, 6.45) is 0. The van der Waals surface area contributed by atoms with Gasteiger partial charge < -0.3 is 1.43 Å². The van der Waals surface area contributed by atoms with Crippen LogP contribution in [0.2, 0.25) is 17.5 Å². The molecule has 3 unspecified atom stereocenters. The summed E-state index contributed by atoms with van der Waals surface area (Å²) < 4.78 is 0. The molecule has 0 aliphatic rings. The first-order chi connectivity index (χ1) is 7.20. The first kappa shape index (κ1) is 21.0. The van der Waals surface area contributed by atoms with Crippen LogP contribution in [0.25, 0.3) is 0 Å². The van der Waals surface area contributed by atoms with Gasteiger partial charge in [-0.2, -0.15) is 0 Å². The van der Waals surface area contributed by atoms with Crippen LogP contribution in [0.5, 0.6) is 0 Å². The normalized spacial score (nSPS) is 16.9. The van der Waals surface area contributed by atoms with Gasteiger partial charge in [0, 0.05) is 0 Å². The molecule has 0 nitrogen and oxygen atoms in total. The Hall–Kier alpha value is 1.70. The van der Waals surface area contributed by atoms with E-state index in [-0.39, 0.29) is 52.8 Å². The van der Waals surface area contributed by atoms with Crippen LogP contribution in [0, 0.1) is 17.8 Å². The molecule has 98 valence electrons. The van der Waals surface area contributed by atoms with Gasteiger partial charge in [0.15, 0.2) is 0 Å². The molecule has 0 bridgehead atoms. The molecular weight excluding hydrogens is 230 g/mol. The van der Waals surface area contributed by atoms with Crippen molar-refractivity contribution in [1.82, 2.24) is 0 Å². The van der Waals surface area contributed by atoms with Crippen molar-refractivity contribution in [2.24, 2.45) is 17.8 Å². The van der Waals surface area contributed by atoms with Gasteiger partial charge in [0.2, 0.25) is 0 Å². The minimum atomic E-state index is 0. The summed E-state index contributed by atoms with van der Waals surface area (Å²) in [7, 11) is 0. The molecule has 0 spiro atoms. The number of rotatable bonds is 6. The third-order valence-corrected chi connectivity index (χ3v) is 4.98. The van der Waals surface area contributed by atoms with Gasteiger partial charge in [-0.25, -0.2) is 0 Å². The summed E-state index contributed by atoms with van der Waals surface area (Å²) in [5.41, 5.74) is 0. The van der Waals surface area contributed by atoms with Crippen molar-refractivity contribution in [3.05, 3.63) is 0 Å². The summed E-state index contributed by atoms with van der Waals surface area (Å²) in [6.45, 7) is 22.5. The third-order valence-electron chi connectivity index (χ3n) is 4.98. The zero-order valence-electron chi connectivity index (χ0n) is 15.0. The van der Waals surface area contributed by atoms with E-state index in [2.05, 4.69) is 62.3 Å². The van der Waals surface area contributed by atoms with Crippen molar-refractivity contribution >= 4 is 6.71 Å². The molecule has 3 atom stereocenters. The van der Waals surface area contributed by atoms with Crippen LogP contribution in [0.3, 0.4) is 0 Å². The molecule has 0 aliphatic heterocycles. The van der Waals surface area contributed by atoms with Crippen LogP contribution in [0.15, 0.2) is 0 Å². The minimum Gasteiger partial charge on any atom is -1.00 e. The van der Waals surface area contributed by atoms with E-state index in [9.17, 15) is 0 Å². The second-order valence-electron chi connectivity index (χ2n) is 6.89. The first-order valence-corrected chi connectivity index (χ1v) is 7.20. The fraction of sp³-hybridized carbons (Fsp3) is 1.00. The van der Waals surface area contributed by atoms with Crippen LogP contribution in [0.1, 0.15) is 63.7 Å². The van der Waals surface area contributed by atoms with Gasteiger partial charge in [0.25, 0.3) is 0 Å². The summed E-state index contributed by atoms with van der Waals surface area (Å²) in [4.78, 5) is 0. The molecule has 0 amide bonds. The maximum absolute atomic E-state index is 2.45. The molecule has 0 heterocycles. The second kappa shape index (κ2) is 9.58. The standard InChI is InChI=1S/C15H33B.K.H/c1-10(2)13(7)16(14(8)11(3)4)15(9)12(5)6;;/h10-15H,1-9H3;;/q;+1;-1. The molecule has 17 heavy (non-hydrogen) atoms. The van der Waals surface area contributed by atoms with E-state index < -0.39 is 0 Å². The number of hydrogen-bond donors (Lipinski definition) is 0. The van der Waals surface area contributed by atoms with Crippen molar-refractivity contribution < 1.29 is 52.8 Å². The molecule has 0 radical (unpaired) electrons. The predicted molar refractivity (Wildman–Crippen MR) is 79.7 cm³/mol. The predicted octanol–water partition coefficient (Wildman–Crippen LogP) is 2.74. The van der Waals surface area contributed by atoms with Crippen molar-refractivity contribution in [2.45, 2.75) is 79.8 Å². The third kappa shape index (κ3) is 6.61. The van der Waals surface area contributed by atoms with E-state index in [4.69, 9.17) is 0 Å². The molecule has 0 aromatic rings. The van der Waals surface area contributed by atoms with Gasteiger partial charge in [0.05, 0.1) is 0 Å². The Morgan fingerprint density at radius 3 is 0.824 bits per heavy atom. The van der Waals surface area contributed by atoms with Gasteiger partial charge >= 0.3 is 51.4 Å². The molecule has 0 aromatic heterocycles. The average Bonchev–Trinajstić information content (AvgIpc) is 2.16. The van der Waals surface area contributed by atoms with Gasteiger partial charge in [-0.15, -0.1) is 0 Å². The Bertz CT molecular complexity index is 162. The molecule has 0 fully saturated rings. The summed E-state index contributed by atoms with van der Waals surface area (Å²) >= 11 is 0. The van der Waals surface area contributed by atoms with E-state index in [1.807, 2.05) is 0 Å². The van der Waals surface area contributed by atoms with Crippen LogP contribution in [0.4, 0.5) is 0 Å². The van der Waals surface area contributed by atoms with Crippen LogP contribution >= 0.6 is 0 Å². The fourth-order valence-electron chi connectivity index (χ4n) is 2.77. The van der Waals surface area contributed by atoms with E-state index in [0.29, 0.717) is 0 Å². The Morgan fingerprint density at radius 2 is 0.706 bits per heavy atom. The minimum absolute atomic E-state index is 0. The monoisotopic (exact) mass is 264 g/mol. The van der Waals surface area contributed by atoms with Gasteiger partial charge in [-0.1, -0.05) is 97.5 Å². The Kier molecular flexibility index (Phi) is 11.8. The van der Waals surface area contributed by atoms with Gasteiger partial charge in [-0.3, -0.25) is 0 Å². The number of hydrogen-bond acceptors (Lipinski definition) is 0. The molecule has 0 N–H and O–H groups in total. The second-order valence-corrected chi connectivity index (χ2v) is 6.89. The Balaban J connectivity index is -0.00000112. The van der Waals surface area contributed by atoms with E-state index in [0.717, 1.165) is 41.9 Å². The molecule has 0 saturated carbocycles. The van der Waals surface area contributed by atoms with Crippen molar-refractivity contribution in [3.8, 4) is 0 Å². The molecular formula is C15H34BK. The topological polar surface area (TPSA) is 0 Å². The van der Waals surface area contributed by atoms with Gasteiger partial charge in [0.1, 0.15) is 6.71 Å². The molecule has 0 aromatic carbocycles. The van der Waals surface area contributed by atoms with Crippen LogP contribution in [-0.2, 0) is 0 Å².